The van der Waals surface area contributed by atoms with Gasteiger partial charge in [0.25, 0.3) is 0 Å². The number of ether oxygens (including phenoxy) is 1. The van der Waals surface area contributed by atoms with Crippen LogP contribution in [0.1, 0.15) is 17.7 Å². The van der Waals surface area contributed by atoms with Crippen molar-refractivity contribution in [1.29, 1.82) is 5.41 Å². The molecule has 10 nitrogen and oxygen atoms in total. The van der Waals surface area contributed by atoms with E-state index in [0.29, 0.717) is 35.3 Å². The minimum atomic E-state index is 0.349. The van der Waals surface area contributed by atoms with Crippen molar-refractivity contribution in [2.75, 3.05) is 39.1 Å². The SMILES string of the molecule is CN(C)CCNc1nn2ccccc2c1N=C1C=C(OCCCn2ccnc2)c2[nH]ccc2C1=N. The number of pyridine rings is 1. The van der Waals surface area contributed by atoms with Gasteiger partial charge in [-0.1, -0.05) is 6.07 Å². The predicted octanol–water partition coefficient (Wildman–Crippen LogP) is 3.43. The van der Waals surface area contributed by atoms with E-state index < -0.39 is 0 Å². The van der Waals surface area contributed by atoms with Gasteiger partial charge >= 0.3 is 0 Å². The smallest absolute Gasteiger partial charge is 0.175 e. The molecule has 3 N–H and O–H groups in total. The summed E-state index contributed by atoms with van der Waals surface area (Å²) in [5, 5.41) is 16.9. The number of rotatable bonds is 10. The summed E-state index contributed by atoms with van der Waals surface area (Å²) in [5.74, 6) is 1.37. The lowest BCUT2D eigenvalue weighted by molar-refractivity contribution is 0.263. The first kappa shape index (κ1) is 22.6. The van der Waals surface area contributed by atoms with Gasteiger partial charge in [0.15, 0.2) is 5.82 Å². The Morgan fingerprint density at radius 2 is 2.14 bits per heavy atom. The van der Waals surface area contributed by atoms with E-state index in [1.807, 2.05) is 72.1 Å². The zero-order chi connectivity index (χ0) is 24.2. The van der Waals surface area contributed by atoms with E-state index in [1.54, 1.807) is 12.5 Å². The van der Waals surface area contributed by atoms with Gasteiger partial charge in [0.1, 0.15) is 11.4 Å². The van der Waals surface area contributed by atoms with E-state index in [4.69, 9.17) is 15.1 Å². The highest BCUT2D eigenvalue weighted by atomic mass is 16.5. The van der Waals surface area contributed by atoms with E-state index in [-0.39, 0.29) is 0 Å². The number of aromatic nitrogens is 5. The third-order valence-corrected chi connectivity index (χ3v) is 5.76. The molecule has 0 amide bonds. The summed E-state index contributed by atoms with van der Waals surface area (Å²) < 4.78 is 9.98. The molecule has 4 aromatic heterocycles. The van der Waals surface area contributed by atoms with Crippen molar-refractivity contribution in [2.45, 2.75) is 13.0 Å². The lowest BCUT2D eigenvalue weighted by atomic mass is 9.98. The average Bonchev–Trinajstić information content (AvgIpc) is 3.60. The van der Waals surface area contributed by atoms with Gasteiger partial charge in [0.05, 0.1) is 35.6 Å². The monoisotopic (exact) mass is 471 g/mol. The second kappa shape index (κ2) is 9.98. The van der Waals surface area contributed by atoms with E-state index in [2.05, 4.69) is 25.3 Å². The standard InChI is InChI=1S/C25H29N9O/c1-32(2)13-10-29-25-24(20-6-3-4-12-34(20)31-25)30-19-16-21(23-18(22(19)26)7-8-28-23)35-15-5-11-33-14-9-27-17-33/h3-4,6-9,12,14,16-17,26,28H,5,10-11,13,15H2,1-2H3,(H,29,31). The van der Waals surface area contributed by atoms with Crippen LogP contribution in [0.2, 0.25) is 0 Å². The van der Waals surface area contributed by atoms with E-state index in [9.17, 15) is 0 Å². The molecule has 35 heavy (non-hydrogen) atoms. The molecule has 0 radical (unpaired) electrons. The van der Waals surface area contributed by atoms with E-state index in [1.165, 1.54) is 0 Å². The lowest BCUT2D eigenvalue weighted by Crippen LogP contribution is -2.21. The molecule has 0 unspecified atom stereocenters. The summed E-state index contributed by atoms with van der Waals surface area (Å²) in [4.78, 5) is 14.3. The fourth-order valence-electron chi connectivity index (χ4n) is 3.97. The number of hydrogen-bond donors (Lipinski definition) is 3. The highest BCUT2D eigenvalue weighted by Crippen LogP contribution is 2.32. The van der Waals surface area contributed by atoms with Crippen LogP contribution in [0.25, 0.3) is 11.3 Å². The molecule has 0 atom stereocenters. The fraction of sp³-hybridized carbons (Fsp3) is 0.280. The number of aromatic amines is 1. The molecule has 1 aliphatic carbocycles. The van der Waals surface area contributed by atoms with E-state index in [0.717, 1.165) is 42.8 Å². The van der Waals surface area contributed by atoms with Crippen LogP contribution >= 0.6 is 0 Å². The third kappa shape index (κ3) is 4.87. The summed E-state index contributed by atoms with van der Waals surface area (Å²) in [6, 6.07) is 7.77. The van der Waals surface area contributed by atoms with Crippen molar-refractivity contribution in [3.63, 3.8) is 0 Å². The number of aryl methyl sites for hydroxylation is 1. The number of nitrogens with zero attached hydrogens (tertiary/aromatic N) is 6. The molecule has 0 saturated carbocycles. The van der Waals surface area contributed by atoms with Crippen LogP contribution in [-0.4, -0.2) is 74.3 Å². The summed E-state index contributed by atoms with van der Waals surface area (Å²) >= 11 is 0. The summed E-state index contributed by atoms with van der Waals surface area (Å²) in [6.45, 7) is 2.96. The Hall–Kier alpha value is -4.18. The molecule has 0 aromatic carbocycles. The lowest BCUT2D eigenvalue weighted by Gasteiger charge is -2.17. The molecule has 1 aliphatic rings. The quantitative estimate of drug-likeness (QED) is 0.307. The summed E-state index contributed by atoms with van der Waals surface area (Å²) in [7, 11) is 4.07. The second-order valence-corrected chi connectivity index (χ2v) is 8.61. The Morgan fingerprint density at radius 1 is 1.23 bits per heavy atom. The van der Waals surface area contributed by atoms with Crippen LogP contribution in [0.4, 0.5) is 11.5 Å². The number of fused-ring (bicyclic) bond motifs is 2. The molecule has 10 heteroatoms. The maximum Gasteiger partial charge on any atom is 0.175 e. The maximum absolute atomic E-state index is 8.80. The highest BCUT2D eigenvalue weighted by molar-refractivity contribution is 6.54. The second-order valence-electron chi connectivity index (χ2n) is 8.61. The topological polar surface area (TPSA) is 112 Å². The number of H-pyrrole nitrogens is 1. The minimum Gasteiger partial charge on any atom is -0.491 e. The molecule has 0 saturated heterocycles. The predicted molar refractivity (Wildman–Crippen MR) is 138 cm³/mol. The van der Waals surface area contributed by atoms with Crippen molar-refractivity contribution in [2.24, 2.45) is 4.99 Å². The van der Waals surface area contributed by atoms with Gasteiger partial charge in [0.2, 0.25) is 0 Å². The zero-order valence-corrected chi connectivity index (χ0v) is 19.9. The maximum atomic E-state index is 8.80. The molecule has 4 heterocycles. The fourth-order valence-corrected chi connectivity index (χ4v) is 3.97. The zero-order valence-electron chi connectivity index (χ0n) is 19.9. The van der Waals surface area contributed by atoms with Gasteiger partial charge in [-0.2, -0.15) is 0 Å². The number of imidazole rings is 1. The van der Waals surface area contributed by atoms with Gasteiger partial charge in [0, 0.05) is 56.1 Å². The molecule has 5 rings (SSSR count). The first-order chi connectivity index (χ1) is 17.1. The van der Waals surface area contributed by atoms with E-state index >= 15 is 0 Å². The van der Waals surface area contributed by atoms with Gasteiger partial charge in [-0.25, -0.2) is 14.5 Å². The number of hydrogen-bond acceptors (Lipinski definition) is 7. The van der Waals surface area contributed by atoms with Gasteiger partial charge in [-0.3, -0.25) is 5.41 Å². The minimum absolute atomic E-state index is 0.349. The van der Waals surface area contributed by atoms with Crippen molar-refractivity contribution < 1.29 is 4.74 Å². The van der Waals surface area contributed by atoms with Crippen molar-refractivity contribution in [3.8, 4) is 0 Å². The normalized spacial score (nSPS) is 14.5. The van der Waals surface area contributed by atoms with Crippen molar-refractivity contribution in [3.05, 3.63) is 72.7 Å². The summed E-state index contributed by atoms with van der Waals surface area (Å²) in [6.07, 6.45) is 11.9. The molecule has 180 valence electrons. The van der Waals surface area contributed by atoms with Crippen LogP contribution < -0.4 is 5.32 Å². The Labute approximate surface area is 203 Å². The number of anilines is 1. The van der Waals surface area contributed by atoms with Gasteiger partial charge < -0.3 is 24.5 Å². The molecular weight excluding hydrogens is 442 g/mol. The molecule has 0 spiro atoms. The largest absolute Gasteiger partial charge is 0.491 e. The van der Waals surface area contributed by atoms with Gasteiger partial charge in [-0.15, -0.1) is 5.10 Å². The molecule has 4 aromatic rings. The summed E-state index contributed by atoms with van der Waals surface area (Å²) in [5.41, 5.74) is 4.04. The highest BCUT2D eigenvalue weighted by Gasteiger charge is 2.25. The number of likely N-dealkylation sites (N-methyl/N-ethyl adjacent to an activating group) is 1. The van der Waals surface area contributed by atoms with Gasteiger partial charge in [-0.05, 0) is 38.7 Å². The van der Waals surface area contributed by atoms with Crippen LogP contribution in [0, 0.1) is 5.41 Å². The third-order valence-electron chi connectivity index (χ3n) is 5.76. The molecule has 0 aliphatic heterocycles. The number of nitrogens with one attached hydrogen (secondary N) is 3. The van der Waals surface area contributed by atoms with Crippen LogP contribution in [0.5, 0.6) is 0 Å². The Bertz CT molecular complexity index is 1380. The number of aliphatic imine (C=N–C) groups is 1. The van der Waals surface area contributed by atoms with Crippen molar-refractivity contribution >= 4 is 34.2 Å². The number of allylic oxidation sites excluding steroid dienone is 1. The Balaban J connectivity index is 1.43. The Kier molecular flexibility index (Phi) is 6.44. The first-order valence-corrected chi connectivity index (χ1v) is 11.6. The van der Waals surface area contributed by atoms with Crippen molar-refractivity contribution in [1.82, 2.24) is 29.0 Å². The molecule has 0 fully saturated rings. The van der Waals surface area contributed by atoms with Crippen LogP contribution in [0.15, 0.2) is 66.4 Å². The van der Waals surface area contributed by atoms with Crippen LogP contribution in [0.3, 0.4) is 0 Å². The molecule has 0 bridgehead atoms. The first-order valence-electron chi connectivity index (χ1n) is 11.6. The average molecular weight is 472 g/mol. The molecular formula is C25H29N9O. The van der Waals surface area contributed by atoms with Crippen LogP contribution in [-0.2, 0) is 11.3 Å². The Morgan fingerprint density at radius 3 is 2.97 bits per heavy atom.